The van der Waals surface area contributed by atoms with Crippen molar-refractivity contribution in [1.29, 1.82) is 0 Å². The van der Waals surface area contributed by atoms with E-state index in [0.29, 0.717) is 0 Å². The summed E-state index contributed by atoms with van der Waals surface area (Å²) in [5, 5.41) is -2.69. The third kappa shape index (κ3) is 7.88. The number of alkyl halides is 4. The number of rotatable bonds is 7. The van der Waals surface area contributed by atoms with Crippen LogP contribution >= 0.6 is 46.4 Å². The van der Waals surface area contributed by atoms with Gasteiger partial charge in [0.05, 0.1) is 18.2 Å². The van der Waals surface area contributed by atoms with Crippen LogP contribution in [0.2, 0.25) is 0 Å². The van der Waals surface area contributed by atoms with E-state index in [0.717, 1.165) is 0 Å². The van der Waals surface area contributed by atoms with Crippen molar-refractivity contribution in [2.75, 3.05) is 11.8 Å². The molecule has 0 heterocycles. The van der Waals surface area contributed by atoms with Gasteiger partial charge in [-0.15, -0.1) is 23.2 Å². The summed E-state index contributed by atoms with van der Waals surface area (Å²) < 4.78 is 9.67. The van der Waals surface area contributed by atoms with E-state index in [1.807, 2.05) is 0 Å². The van der Waals surface area contributed by atoms with E-state index in [9.17, 15) is 9.59 Å². The number of hydrogen-bond donors (Lipinski definition) is 0. The monoisotopic (exact) mass is 350 g/mol. The molecule has 0 radical (unpaired) electrons. The predicted molar refractivity (Wildman–Crippen MR) is 75.9 cm³/mol. The molecule has 0 aromatic carbocycles. The lowest BCUT2D eigenvalue weighted by Crippen LogP contribution is -2.30. The van der Waals surface area contributed by atoms with Crippen molar-refractivity contribution in [2.45, 2.75) is 30.4 Å². The molecule has 8 heteroatoms. The van der Waals surface area contributed by atoms with E-state index in [2.05, 4.69) is 6.58 Å². The second kappa shape index (κ2) is 7.58. The summed E-state index contributed by atoms with van der Waals surface area (Å²) in [7, 11) is 0. The van der Waals surface area contributed by atoms with Crippen LogP contribution in [0.5, 0.6) is 0 Å². The zero-order valence-corrected chi connectivity index (χ0v) is 13.5. The molecule has 0 aliphatic rings. The maximum atomic E-state index is 11.6. The molecule has 0 aliphatic carbocycles. The Labute approximate surface area is 131 Å². The Bertz CT molecular complexity index is 366. The molecule has 0 spiro atoms. The van der Waals surface area contributed by atoms with E-state index in [1.165, 1.54) is 13.8 Å². The Morgan fingerprint density at radius 3 is 1.89 bits per heavy atom. The highest BCUT2D eigenvalue weighted by molar-refractivity contribution is 6.30. The van der Waals surface area contributed by atoms with Gasteiger partial charge >= 0.3 is 11.9 Å². The van der Waals surface area contributed by atoms with E-state index < -0.39 is 22.1 Å². The average Bonchev–Trinajstić information content (AvgIpc) is 2.27. The second-order valence-electron chi connectivity index (χ2n) is 4.11. The van der Waals surface area contributed by atoms with Crippen molar-refractivity contribution in [2.24, 2.45) is 0 Å². The molecule has 19 heavy (non-hydrogen) atoms. The standard InChI is InChI=1S/C11H14Cl4O4/c1-7(9(17)19-11(3,15)6-13)4-8(16)18-10(2,14)5-12/h1,4-6H2,2-3H3. The first-order valence-electron chi connectivity index (χ1n) is 5.15. The zero-order chi connectivity index (χ0) is 15.3. The molecule has 0 saturated heterocycles. The van der Waals surface area contributed by atoms with Gasteiger partial charge in [-0.1, -0.05) is 29.8 Å². The topological polar surface area (TPSA) is 52.6 Å². The normalized spacial score (nSPS) is 16.9. The van der Waals surface area contributed by atoms with Gasteiger partial charge in [0.15, 0.2) is 10.1 Å². The summed E-state index contributed by atoms with van der Waals surface area (Å²) >= 11 is 22.5. The van der Waals surface area contributed by atoms with Gasteiger partial charge in [0.1, 0.15) is 0 Å². The number of halogens is 4. The minimum Gasteiger partial charge on any atom is -0.442 e. The average molecular weight is 352 g/mol. The molecule has 2 unspecified atom stereocenters. The highest BCUT2D eigenvalue weighted by Gasteiger charge is 2.29. The summed E-state index contributed by atoms with van der Waals surface area (Å²) in [6, 6.07) is 0. The van der Waals surface area contributed by atoms with Crippen LogP contribution in [0.1, 0.15) is 20.3 Å². The Hall–Kier alpha value is -0.160. The van der Waals surface area contributed by atoms with Crippen LogP contribution in [0.4, 0.5) is 0 Å². The molecule has 0 bridgehead atoms. The predicted octanol–water partition coefficient (Wildman–Crippen LogP) is 3.41. The molecule has 110 valence electrons. The Morgan fingerprint density at radius 2 is 1.47 bits per heavy atom. The summed E-state index contributed by atoms with van der Waals surface area (Å²) in [5.74, 6) is -1.78. The van der Waals surface area contributed by atoms with Gasteiger partial charge in [0.25, 0.3) is 0 Å². The molecule has 0 N–H and O–H groups in total. The van der Waals surface area contributed by atoms with Gasteiger partial charge < -0.3 is 9.47 Å². The fraction of sp³-hybridized carbons (Fsp3) is 0.636. The van der Waals surface area contributed by atoms with Gasteiger partial charge in [0, 0.05) is 5.57 Å². The minimum absolute atomic E-state index is 0.0940. The fourth-order valence-corrected chi connectivity index (χ4v) is 1.11. The molecular weight excluding hydrogens is 338 g/mol. The molecule has 0 aliphatic heterocycles. The van der Waals surface area contributed by atoms with Crippen LogP contribution in [0, 0.1) is 0 Å². The lowest BCUT2D eigenvalue weighted by molar-refractivity contribution is -0.152. The number of hydrogen-bond acceptors (Lipinski definition) is 4. The Balaban J connectivity index is 4.39. The second-order valence-corrected chi connectivity index (χ2v) is 6.25. The molecule has 0 saturated carbocycles. The third-order valence-corrected chi connectivity index (χ3v) is 3.47. The van der Waals surface area contributed by atoms with Crippen molar-refractivity contribution >= 4 is 58.3 Å². The quantitative estimate of drug-likeness (QED) is 0.400. The van der Waals surface area contributed by atoms with Gasteiger partial charge in [-0.25, -0.2) is 4.79 Å². The van der Waals surface area contributed by atoms with Crippen LogP contribution in [-0.4, -0.2) is 33.8 Å². The summed E-state index contributed by atoms with van der Waals surface area (Å²) in [4.78, 5) is 23.0. The van der Waals surface area contributed by atoms with Gasteiger partial charge in [-0.05, 0) is 13.8 Å². The molecular formula is C11H14Cl4O4. The molecule has 0 rings (SSSR count). The molecule has 4 nitrogen and oxygen atoms in total. The van der Waals surface area contributed by atoms with Crippen molar-refractivity contribution in [3.05, 3.63) is 12.2 Å². The van der Waals surface area contributed by atoms with Crippen molar-refractivity contribution in [1.82, 2.24) is 0 Å². The fourth-order valence-electron chi connectivity index (χ4n) is 0.840. The largest absolute Gasteiger partial charge is 0.442 e. The van der Waals surface area contributed by atoms with Gasteiger partial charge in [0.2, 0.25) is 0 Å². The van der Waals surface area contributed by atoms with Crippen LogP contribution in [-0.2, 0) is 19.1 Å². The summed E-state index contributed by atoms with van der Waals surface area (Å²) in [6.45, 7) is 6.25. The van der Waals surface area contributed by atoms with Gasteiger partial charge in [-0.2, -0.15) is 0 Å². The lowest BCUT2D eigenvalue weighted by Gasteiger charge is -2.21. The molecule has 0 fully saturated rings. The Kier molecular flexibility index (Phi) is 7.51. The maximum absolute atomic E-state index is 11.6. The minimum atomic E-state index is -1.36. The van der Waals surface area contributed by atoms with Crippen LogP contribution < -0.4 is 0 Å². The van der Waals surface area contributed by atoms with Crippen LogP contribution in [0.15, 0.2) is 12.2 Å². The first-order chi connectivity index (χ1) is 8.53. The van der Waals surface area contributed by atoms with E-state index in [1.54, 1.807) is 0 Å². The maximum Gasteiger partial charge on any atom is 0.335 e. The van der Waals surface area contributed by atoms with Crippen molar-refractivity contribution in [3.63, 3.8) is 0 Å². The Morgan fingerprint density at radius 1 is 1.05 bits per heavy atom. The molecule has 2 atom stereocenters. The highest BCUT2D eigenvalue weighted by Crippen LogP contribution is 2.22. The third-order valence-electron chi connectivity index (χ3n) is 1.76. The van der Waals surface area contributed by atoms with Crippen LogP contribution in [0.3, 0.4) is 0 Å². The number of esters is 2. The summed E-state index contributed by atoms with van der Waals surface area (Å²) in [6.07, 6.45) is -0.382. The smallest absolute Gasteiger partial charge is 0.335 e. The molecule has 0 amide bonds. The number of carbonyl (C=O) groups excluding carboxylic acids is 2. The lowest BCUT2D eigenvalue weighted by atomic mass is 10.2. The van der Waals surface area contributed by atoms with E-state index in [4.69, 9.17) is 55.9 Å². The number of ether oxygens (including phenoxy) is 2. The number of carbonyl (C=O) groups is 2. The van der Waals surface area contributed by atoms with E-state index >= 15 is 0 Å². The van der Waals surface area contributed by atoms with Crippen LogP contribution in [0.25, 0.3) is 0 Å². The SMILES string of the molecule is C=C(CC(=O)OC(C)(Cl)CCl)C(=O)OC(C)(Cl)CCl. The zero-order valence-electron chi connectivity index (χ0n) is 10.5. The molecule has 0 aromatic rings. The molecule has 0 aromatic heterocycles. The van der Waals surface area contributed by atoms with Crippen molar-refractivity contribution in [3.8, 4) is 0 Å². The van der Waals surface area contributed by atoms with Gasteiger partial charge in [-0.3, -0.25) is 4.79 Å². The first kappa shape index (κ1) is 18.8. The first-order valence-corrected chi connectivity index (χ1v) is 6.98. The van der Waals surface area contributed by atoms with Crippen molar-refractivity contribution < 1.29 is 19.1 Å². The van der Waals surface area contributed by atoms with E-state index in [-0.39, 0.29) is 23.8 Å². The highest BCUT2D eigenvalue weighted by atomic mass is 35.5. The summed E-state index contributed by atoms with van der Waals surface area (Å²) in [5.41, 5.74) is -0.121.